The van der Waals surface area contributed by atoms with E-state index in [9.17, 15) is 13.5 Å². The normalized spacial score (nSPS) is 13.3. The van der Waals surface area contributed by atoms with Crippen molar-refractivity contribution < 1.29 is 13.5 Å². The summed E-state index contributed by atoms with van der Waals surface area (Å²) < 4.78 is 27.0. The first-order valence-corrected chi connectivity index (χ1v) is 8.98. The number of hydrogen-bond acceptors (Lipinski definition) is 4. The number of halogens is 1. The van der Waals surface area contributed by atoms with Crippen molar-refractivity contribution in [1.82, 2.24) is 4.72 Å². The molecule has 21 heavy (non-hydrogen) atoms. The zero-order chi connectivity index (χ0) is 15.6. The van der Waals surface area contributed by atoms with Crippen molar-refractivity contribution in [2.24, 2.45) is 0 Å². The molecule has 0 saturated carbocycles. The molecule has 1 aromatic carbocycles. The van der Waals surface area contributed by atoms with Gasteiger partial charge >= 0.3 is 0 Å². The van der Waals surface area contributed by atoms with E-state index in [1.165, 1.54) is 11.3 Å². The van der Waals surface area contributed by atoms with E-state index in [0.717, 1.165) is 10.4 Å². The number of sulfonamides is 1. The van der Waals surface area contributed by atoms with Crippen LogP contribution in [0.1, 0.15) is 22.1 Å². The molecular weight excluding hydrogens is 330 g/mol. The Morgan fingerprint density at radius 3 is 2.57 bits per heavy atom. The van der Waals surface area contributed by atoms with E-state index in [4.69, 9.17) is 11.6 Å². The maximum Gasteiger partial charge on any atom is 0.250 e. The topological polar surface area (TPSA) is 66.4 Å². The number of hydrogen-bond donors (Lipinski definition) is 2. The van der Waals surface area contributed by atoms with Gasteiger partial charge in [-0.1, -0.05) is 29.8 Å². The van der Waals surface area contributed by atoms with Crippen molar-refractivity contribution in [2.75, 3.05) is 6.54 Å². The van der Waals surface area contributed by atoms with E-state index in [2.05, 4.69) is 4.72 Å². The zero-order valence-corrected chi connectivity index (χ0v) is 14.0. The van der Waals surface area contributed by atoms with Crippen LogP contribution in [0.3, 0.4) is 0 Å². The molecule has 0 bridgehead atoms. The summed E-state index contributed by atoms with van der Waals surface area (Å²) in [5.74, 6) is 0. The fourth-order valence-electron chi connectivity index (χ4n) is 1.79. The van der Waals surface area contributed by atoms with Gasteiger partial charge in [0.25, 0.3) is 0 Å². The minimum absolute atomic E-state index is 0.123. The molecule has 1 atom stereocenters. The summed E-state index contributed by atoms with van der Waals surface area (Å²) in [6, 6.07) is 8.44. The Bertz CT molecular complexity index is 721. The number of nitrogens with one attached hydrogen (secondary N) is 1. The van der Waals surface area contributed by atoms with Crippen LogP contribution in [0.15, 0.2) is 34.5 Å². The number of aryl methyl sites for hydroxylation is 2. The standard InChI is InChI=1S/C14H16ClNO3S2/c1-9-7-14(20-10(9)2)21(18,19)16-8-13(17)11-5-3-4-6-12(11)15/h3-7,13,16-17H,8H2,1-2H3. The number of benzene rings is 1. The quantitative estimate of drug-likeness (QED) is 0.875. The highest BCUT2D eigenvalue weighted by Crippen LogP contribution is 2.26. The molecule has 1 aromatic heterocycles. The van der Waals surface area contributed by atoms with E-state index < -0.39 is 16.1 Å². The van der Waals surface area contributed by atoms with Gasteiger partial charge in [-0.05, 0) is 31.5 Å². The number of rotatable bonds is 5. The van der Waals surface area contributed by atoms with Gasteiger partial charge < -0.3 is 5.11 Å². The fourth-order valence-corrected chi connectivity index (χ4v) is 4.65. The molecule has 7 heteroatoms. The summed E-state index contributed by atoms with van der Waals surface area (Å²) in [5.41, 5.74) is 1.44. The average molecular weight is 346 g/mol. The van der Waals surface area contributed by atoms with Crippen LogP contribution in [0.25, 0.3) is 0 Å². The Labute approximate surface area is 133 Å². The lowest BCUT2D eigenvalue weighted by Gasteiger charge is -2.13. The molecule has 0 aliphatic rings. The Hall–Kier alpha value is -0.920. The van der Waals surface area contributed by atoms with Crippen molar-refractivity contribution in [3.8, 4) is 0 Å². The van der Waals surface area contributed by atoms with Gasteiger partial charge in [-0.15, -0.1) is 11.3 Å². The van der Waals surface area contributed by atoms with Crippen LogP contribution in [0.4, 0.5) is 0 Å². The second-order valence-corrected chi connectivity index (χ2v) is 8.35. The third-order valence-corrected chi connectivity index (χ3v) is 6.53. The molecular formula is C14H16ClNO3S2. The Morgan fingerprint density at radius 1 is 1.33 bits per heavy atom. The smallest absolute Gasteiger partial charge is 0.250 e. The van der Waals surface area contributed by atoms with E-state index in [0.29, 0.717) is 10.6 Å². The van der Waals surface area contributed by atoms with Crippen LogP contribution in [0, 0.1) is 13.8 Å². The van der Waals surface area contributed by atoms with Crippen LogP contribution >= 0.6 is 22.9 Å². The van der Waals surface area contributed by atoms with E-state index >= 15 is 0 Å². The van der Waals surface area contributed by atoms with E-state index in [1.807, 2.05) is 13.8 Å². The second-order valence-electron chi connectivity index (χ2n) is 4.69. The fraction of sp³-hybridized carbons (Fsp3) is 0.286. The van der Waals surface area contributed by atoms with Gasteiger partial charge in [0.05, 0.1) is 6.10 Å². The molecule has 114 valence electrons. The minimum atomic E-state index is -3.61. The molecule has 0 aliphatic carbocycles. The molecule has 1 unspecified atom stereocenters. The number of thiophene rings is 1. The predicted octanol–water partition coefficient (Wildman–Crippen LogP) is 3.03. The van der Waals surface area contributed by atoms with Crippen molar-refractivity contribution in [1.29, 1.82) is 0 Å². The second kappa shape index (κ2) is 6.46. The molecule has 2 N–H and O–H groups in total. The van der Waals surface area contributed by atoms with Crippen LogP contribution in [0.5, 0.6) is 0 Å². The molecule has 0 amide bonds. The lowest BCUT2D eigenvalue weighted by Crippen LogP contribution is -2.28. The zero-order valence-electron chi connectivity index (χ0n) is 11.6. The van der Waals surface area contributed by atoms with E-state index in [-0.39, 0.29) is 10.8 Å². The molecule has 0 aliphatic heterocycles. The van der Waals surface area contributed by atoms with Gasteiger partial charge in [0, 0.05) is 22.0 Å². The van der Waals surface area contributed by atoms with Gasteiger partial charge in [0.15, 0.2) is 0 Å². The summed E-state index contributed by atoms with van der Waals surface area (Å²) >= 11 is 7.19. The highest BCUT2D eigenvalue weighted by atomic mass is 35.5. The van der Waals surface area contributed by atoms with Crippen LogP contribution in [-0.4, -0.2) is 20.1 Å². The Balaban J connectivity index is 2.10. The highest BCUT2D eigenvalue weighted by Gasteiger charge is 2.20. The largest absolute Gasteiger partial charge is 0.387 e. The average Bonchev–Trinajstić information content (AvgIpc) is 2.77. The minimum Gasteiger partial charge on any atom is -0.387 e. The lowest BCUT2D eigenvalue weighted by atomic mass is 10.1. The third-order valence-electron chi connectivity index (χ3n) is 3.14. The monoisotopic (exact) mass is 345 g/mol. The molecule has 2 rings (SSSR count). The van der Waals surface area contributed by atoms with Gasteiger partial charge in [0.1, 0.15) is 4.21 Å². The van der Waals surface area contributed by atoms with Crippen LogP contribution < -0.4 is 4.72 Å². The van der Waals surface area contributed by atoms with E-state index in [1.54, 1.807) is 30.3 Å². The van der Waals surface area contributed by atoms with Crippen LogP contribution in [-0.2, 0) is 10.0 Å². The molecule has 0 radical (unpaired) electrons. The lowest BCUT2D eigenvalue weighted by molar-refractivity contribution is 0.182. The molecule has 0 spiro atoms. The first kappa shape index (κ1) is 16.5. The number of aliphatic hydroxyl groups is 1. The first-order chi connectivity index (χ1) is 9.81. The summed E-state index contributed by atoms with van der Waals surface area (Å²) in [6.07, 6.45) is -0.990. The third kappa shape index (κ3) is 3.84. The van der Waals surface area contributed by atoms with Gasteiger partial charge in [-0.2, -0.15) is 0 Å². The highest BCUT2D eigenvalue weighted by molar-refractivity contribution is 7.91. The summed E-state index contributed by atoms with van der Waals surface area (Å²) in [5, 5.41) is 10.5. The van der Waals surface area contributed by atoms with Crippen LogP contribution in [0.2, 0.25) is 5.02 Å². The summed E-state index contributed by atoms with van der Waals surface area (Å²) in [6.45, 7) is 3.61. The van der Waals surface area contributed by atoms with Crippen molar-refractivity contribution in [3.63, 3.8) is 0 Å². The maximum absolute atomic E-state index is 12.2. The van der Waals surface area contributed by atoms with Gasteiger partial charge in [-0.25, -0.2) is 13.1 Å². The van der Waals surface area contributed by atoms with Crippen molar-refractivity contribution >= 4 is 33.0 Å². The number of aliphatic hydroxyl groups excluding tert-OH is 1. The first-order valence-electron chi connectivity index (χ1n) is 6.30. The molecule has 0 saturated heterocycles. The predicted molar refractivity (Wildman–Crippen MR) is 85.4 cm³/mol. The Kier molecular flexibility index (Phi) is 5.06. The molecule has 4 nitrogen and oxygen atoms in total. The molecule has 2 aromatic rings. The van der Waals surface area contributed by atoms with Gasteiger partial charge in [0.2, 0.25) is 10.0 Å². The Morgan fingerprint density at radius 2 is 2.00 bits per heavy atom. The summed E-state index contributed by atoms with van der Waals surface area (Å²) in [7, 11) is -3.61. The SMILES string of the molecule is Cc1cc(S(=O)(=O)NCC(O)c2ccccc2Cl)sc1C. The molecule has 1 heterocycles. The van der Waals surface area contributed by atoms with Crippen molar-refractivity contribution in [2.45, 2.75) is 24.2 Å². The maximum atomic E-state index is 12.2. The van der Waals surface area contributed by atoms with Crippen molar-refractivity contribution in [3.05, 3.63) is 51.4 Å². The van der Waals surface area contributed by atoms with Gasteiger partial charge in [-0.3, -0.25) is 0 Å². The molecule has 0 fully saturated rings. The summed E-state index contributed by atoms with van der Waals surface area (Å²) in [4.78, 5) is 0.960.